The molecular formula is C9H15NO2. The van der Waals surface area contributed by atoms with Crippen LogP contribution in [0, 0.1) is 5.92 Å². The van der Waals surface area contributed by atoms with Crippen LogP contribution in [0.3, 0.4) is 0 Å². The van der Waals surface area contributed by atoms with Crippen LogP contribution in [0.2, 0.25) is 0 Å². The Morgan fingerprint density at radius 1 is 1.67 bits per heavy atom. The third kappa shape index (κ3) is 3.42. The molecule has 1 rings (SSSR count). The van der Waals surface area contributed by atoms with Crippen molar-refractivity contribution in [2.45, 2.75) is 26.2 Å². The van der Waals surface area contributed by atoms with Gasteiger partial charge in [0.1, 0.15) is 0 Å². The molecule has 0 aliphatic heterocycles. The summed E-state index contributed by atoms with van der Waals surface area (Å²) in [4.78, 5) is 10.9. The first-order valence-electron chi connectivity index (χ1n) is 4.35. The molecule has 1 aliphatic rings. The van der Waals surface area contributed by atoms with Gasteiger partial charge >= 0.3 is 5.97 Å². The smallest absolute Gasteiger partial charge is 0.332 e. The summed E-state index contributed by atoms with van der Waals surface area (Å²) in [6.07, 6.45) is 4.73. The van der Waals surface area contributed by atoms with Gasteiger partial charge in [-0.1, -0.05) is 0 Å². The maximum absolute atomic E-state index is 10.9. The quantitative estimate of drug-likeness (QED) is 0.508. The summed E-state index contributed by atoms with van der Waals surface area (Å²) in [7, 11) is 0. The van der Waals surface area contributed by atoms with Crippen molar-refractivity contribution < 1.29 is 9.53 Å². The van der Waals surface area contributed by atoms with Gasteiger partial charge < -0.3 is 10.5 Å². The van der Waals surface area contributed by atoms with Crippen LogP contribution < -0.4 is 5.73 Å². The minimum absolute atomic E-state index is 0.323. The second kappa shape index (κ2) is 4.14. The van der Waals surface area contributed by atoms with Gasteiger partial charge in [-0.05, 0) is 32.1 Å². The van der Waals surface area contributed by atoms with E-state index in [1.54, 1.807) is 6.92 Å². The van der Waals surface area contributed by atoms with Crippen molar-refractivity contribution in [3.05, 3.63) is 11.8 Å². The Balaban J connectivity index is 2.26. The van der Waals surface area contributed by atoms with E-state index in [0.29, 0.717) is 12.3 Å². The number of esters is 1. The first kappa shape index (κ1) is 9.10. The molecule has 12 heavy (non-hydrogen) atoms. The van der Waals surface area contributed by atoms with Gasteiger partial charge in [-0.25, -0.2) is 4.79 Å². The van der Waals surface area contributed by atoms with Gasteiger partial charge in [0.05, 0.1) is 6.61 Å². The van der Waals surface area contributed by atoms with Crippen molar-refractivity contribution in [3.8, 4) is 0 Å². The van der Waals surface area contributed by atoms with Crippen LogP contribution in [0.1, 0.15) is 26.2 Å². The molecule has 0 amide bonds. The first-order chi connectivity index (χ1) is 5.72. The Morgan fingerprint density at radius 3 is 2.83 bits per heavy atom. The lowest BCUT2D eigenvalue weighted by Crippen LogP contribution is -2.06. The predicted molar refractivity (Wildman–Crippen MR) is 46.2 cm³/mol. The molecule has 0 bridgehead atoms. The van der Waals surface area contributed by atoms with Crippen molar-refractivity contribution in [1.82, 2.24) is 0 Å². The lowest BCUT2D eigenvalue weighted by molar-refractivity contribution is -0.137. The molecule has 1 saturated carbocycles. The van der Waals surface area contributed by atoms with E-state index in [9.17, 15) is 4.79 Å². The van der Waals surface area contributed by atoms with Gasteiger partial charge in [-0.15, -0.1) is 0 Å². The molecule has 2 N–H and O–H groups in total. The van der Waals surface area contributed by atoms with Crippen LogP contribution in [-0.2, 0) is 9.53 Å². The molecule has 0 spiro atoms. The number of hydrogen-bond donors (Lipinski definition) is 1. The highest BCUT2D eigenvalue weighted by Gasteiger charge is 2.21. The maximum Gasteiger partial charge on any atom is 0.332 e. The van der Waals surface area contributed by atoms with E-state index in [0.717, 1.165) is 12.3 Å². The Bertz CT molecular complexity index is 195. The van der Waals surface area contributed by atoms with E-state index in [1.165, 1.54) is 18.9 Å². The minimum Gasteiger partial charge on any atom is -0.463 e. The maximum atomic E-state index is 10.9. The molecule has 0 aromatic rings. The number of allylic oxidation sites excluding steroid dienone is 1. The molecule has 0 radical (unpaired) electrons. The molecule has 0 atom stereocenters. The van der Waals surface area contributed by atoms with Crippen molar-refractivity contribution in [2.24, 2.45) is 11.7 Å². The van der Waals surface area contributed by atoms with Gasteiger partial charge in [0.15, 0.2) is 0 Å². The van der Waals surface area contributed by atoms with Gasteiger partial charge in [0.2, 0.25) is 0 Å². The second-order valence-corrected chi connectivity index (χ2v) is 3.12. The van der Waals surface area contributed by atoms with Crippen molar-refractivity contribution in [3.63, 3.8) is 0 Å². The monoisotopic (exact) mass is 169 g/mol. The first-order valence-corrected chi connectivity index (χ1v) is 4.35. The summed E-state index contributed by atoms with van der Waals surface area (Å²) >= 11 is 0. The lowest BCUT2D eigenvalue weighted by Gasteiger charge is -1.99. The molecule has 1 fully saturated rings. The Kier molecular flexibility index (Phi) is 3.14. The number of rotatable bonds is 4. The molecular weight excluding hydrogens is 154 g/mol. The summed E-state index contributed by atoms with van der Waals surface area (Å²) in [6, 6.07) is 0. The van der Waals surface area contributed by atoms with Crippen LogP contribution in [0.4, 0.5) is 0 Å². The number of nitrogens with two attached hydrogens (primary N) is 1. The zero-order valence-electron chi connectivity index (χ0n) is 7.38. The van der Waals surface area contributed by atoms with Crippen molar-refractivity contribution in [1.29, 1.82) is 0 Å². The van der Waals surface area contributed by atoms with E-state index in [4.69, 9.17) is 10.5 Å². The van der Waals surface area contributed by atoms with Crippen LogP contribution in [0.25, 0.3) is 0 Å². The molecule has 0 unspecified atom stereocenters. The van der Waals surface area contributed by atoms with Crippen LogP contribution in [0.15, 0.2) is 11.8 Å². The lowest BCUT2D eigenvalue weighted by atomic mass is 10.2. The summed E-state index contributed by atoms with van der Waals surface area (Å²) < 4.78 is 4.72. The van der Waals surface area contributed by atoms with E-state index in [2.05, 4.69) is 0 Å². The molecule has 0 saturated heterocycles. The Morgan fingerprint density at radius 2 is 2.33 bits per heavy atom. The fourth-order valence-electron chi connectivity index (χ4n) is 1.05. The van der Waals surface area contributed by atoms with E-state index < -0.39 is 0 Å². The van der Waals surface area contributed by atoms with Gasteiger partial charge in [-0.3, -0.25) is 0 Å². The Labute approximate surface area is 72.6 Å². The van der Waals surface area contributed by atoms with Gasteiger partial charge in [0.25, 0.3) is 0 Å². The standard InChI is InChI=1S/C9H15NO2/c1-2-12-9(11)6-8(10)5-7-3-4-7/h6-7H,2-5,10H2,1H3/b8-6-. The van der Waals surface area contributed by atoms with Crippen LogP contribution in [0.5, 0.6) is 0 Å². The fourth-order valence-corrected chi connectivity index (χ4v) is 1.05. The van der Waals surface area contributed by atoms with Gasteiger partial charge in [-0.2, -0.15) is 0 Å². The Hall–Kier alpha value is -0.990. The molecule has 3 heteroatoms. The topological polar surface area (TPSA) is 52.3 Å². The van der Waals surface area contributed by atoms with Crippen LogP contribution in [-0.4, -0.2) is 12.6 Å². The molecule has 68 valence electrons. The highest BCUT2D eigenvalue weighted by atomic mass is 16.5. The predicted octanol–water partition coefficient (Wildman–Crippen LogP) is 1.19. The zero-order valence-corrected chi connectivity index (χ0v) is 7.38. The molecule has 3 nitrogen and oxygen atoms in total. The number of carbonyl (C=O) groups is 1. The van der Waals surface area contributed by atoms with E-state index >= 15 is 0 Å². The molecule has 0 aromatic heterocycles. The van der Waals surface area contributed by atoms with Crippen molar-refractivity contribution in [2.75, 3.05) is 6.61 Å². The minimum atomic E-state index is -0.323. The summed E-state index contributed by atoms with van der Waals surface area (Å²) in [5, 5.41) is 0. The molecule has 0 heterocycles. The van der Waals surface area contributed by atoms with E-state index in [1.807, 2.05) is 0 Å². The fraction of sp³-hybridized carbons (Fsp3) is 0.667. The van der Waals surface area contributed by atoms with E-state index in [-0.39, 0.29) is 5.97 Å². The van der Waals surface area contributed by atoms with Crippen LogP contribution >= 0.6 is 0 Å². The number of carbonyl (C=O) groups excluding carboxylic acids is 1. The SMILES string of the molecule is CCOC(=O)/C=C(\N)CC1CC1. The number of ether oxygens (including phenoxy) is 1. The third-order valence-electron chi connectivity index (χ3n) is 1.81. The average Bonchev–Trinajstić information content (AvgIpc) is 2.71. The summed E-state index contributed by atoms with van der Waals surface area (Å²) in [5.41, 5.74) is 6.26. The average molecular weight is 169 g/mol. The van der Waals surface area contributed by atoms with Gasteiger partial charge in [0, 0.05) is 11.8 Å². The summed E-state index contributed by atoms with van der Waals surface area (Å²) in [6.45, 7) is 2.19. The summed E-state index contributed by atoms with van der Waals surface area (Å²) in [5.74, 6) is 0.395. The highest BCUT2D eigenvalue weighted by Crippen LogP contribution is 2.33. The second-order valence-electron chi connectivity index (χ2n) is 3.12. The molecule has 0 aromatic carbocycles. The zero-order chi connectivity index (χ0) is 8.97. The van der Waals surface area contributed by atoms with Crippen molar-refractivity contribution >= 4 is 5.97 Å². The normalized spacial score (nSPS) is 17.6. The third-order valence-corrected chi connectivity index (χ3v) is 1.81. The highest BCUT2D eigenvalue weighted by molar-refractivity contribution is 5.82. The largest absolute Gasteiger partial charge is 0.463 e. The molecule has 1 aliphatic carbocycles. The number of hydrogen-bond acceptors (Lipinski definition) is 3.